The maximum Gasteiger partial charge on any atom is 0.289 e. The molecular formula is C19H27N5O5. The van der Waals surface area contributed by atoms with Gasteiger partial charge in [0.2, 0.25) is 11.8 Å². The van der Waals surface area contributed by atoms with Crippen molar-refractivity contribution in [2.24, 2.45) is 11.8 Å². The molecule has 0 spiro atoms. The zero-order valence-electron chi connectivity index (χ0n) is 16.5. The first-order valence-corrected chi connectivity index (χ1v) is 9.96. The third-order valence-corrected chi connectivity index (χ3v) is 6.01. The van der Waals surface area contributed by atoms with E-state index in [2.05, 4.69) is 15.8 Å². The summed E-state index contributed by atoms with van der Waals surface area (Å²) in [6, 6.07) is 3.12. The van der Waals surface area contributed by atoms with Crippen LogP contribution in [0.15, 0.2) is 22.8 Å². The molecule has 4 rings (SSSR count). The number of piperazine rings is 1. The van der Waals surface area contributed by atoms with Gasteiger partial charge in [-0.05, 0) is 12.1 Å². The van der Waals surface area contributed by atoms with Crippen molar-refractivity contribution in [2.75, 3.05) is 59.5 Å². The number of hydrazine groups is 1. The van der Waals surface area contributed by atoms with Gasteiger partial charge in [0.25, 0.3) is 5.91 Å². The lowest BCUT2D eigenvalue weighted by Crippen LogP contribution is -2.60. The molecule has 1 aromatic heterocycles. The van der Waals surface area contributed by atoms with E-state index >= 15 is 0 Å². The van der Waals surface area contributed by atoms with E-state index in [1.807, 2.05) is 0 Å². The van der Waals surface area contributed by atoms with Crippen LogP contribution in [0.4, 0.5) is 0 Å². The molecule has 3 amide bonds. The van der Waals surface area contributed by atoms with Gasteiger partial charge in [0.1, 0.15) is 0 Å². The van der Waals surface area contributed by atoms with Crippen molar-refractivity contribution in [3.05, 3.63) is 24.2 Å². The summed E-state index contributed by atoms with van der Waals surface area (Å²) in [5.41, 5.74) is 5.70. The van der Waals surface area contributed by atoms with Crippen LogP contribution < -0.4 is 10.9 Å². The Morgan fingerprint density at radius 3 is 2.66 bits per heavy atom. The number of methoxy groups -OCH3 is 1. The van der Waals surface area contributed by atoms with E-state index in [1.54, 1.807) is 29.0 Å². The van der Waals surface area contributed by atoms with E-state index in [0.29, 0.717) is 58.2 Å². The molecule has 3 saturated heterocycles. The number of fused-ring (bicyclic) bond motifs is 1. The van der Waals surface area contributed by atoms with Crippen molar-refractivity contribution in [1.82, 2.24) is 25.6 Å². The van der Waals surface area contributed by atoms with Gasteiger partial charge in [-0.1, -0.05) is 0 Å². The van der Waals surface area contributed by atoms with Gasteiger partial charge < -0.3 is 19.0 Å². The molecule has 3 aliphatic rings. The first kappa shape index (κ1) is 19.9. The van der Waals surface area contributed by atoms with Gasteiger partial charge in [0, 0.05) is 52.9 Å². The molecule has 0 saturated carbocycles. The molecule has 29 heavy (non-hydrogen) atoms. The number of nitrogens with one attached hydrogen (secondary N) is 2. The third kappa shape index (κ3) is 4.00. The zero-order chi connectivity index (χ0) is 20.4. The molecule has 4 heterocycles. The standard InChI is InChI=1S/C19H27N5O5/c1-28-10-8-22-11-13-16(20-21-17(13)25)14(12-22)18(26)23-4-6-24(7-5-23)19(27)15-3-2-9-29-15/h2-3,9,13-14,16,20H,4-8,10-12H2,1H3,(H,21,25). The van der Waals surface area contributed by atoms with Crippen LogP contribution >= 0.6 is 0 Å². The zero-order valence-corrected chi connectivity index (χ0v) is 16.5. The molecule has 0 radical (unpaired) electrons. The Morgan fingerprint density at radius 2 is 1.97 bits per heavy atom. The van der Waals surface area contributed by atoms with Crippen LogP contribution in [-0.2, 0) is 14.3 Å². The summed E-state index contributed by atoms with van der Waals surface area (Å²) < 4.78 is 10.3. The van der Waals surface area contributed by atoms with Crippen molar-refractivity contribution in [3.8, 4) is 0 Å². The molecule has 3 aliphatic heterocycles. The summed E-state index contributed by atoms with van der Waals surface area (Å²) in [6.07, 6.45) is 1.48. The quantitative estimate of drug-likeness (QED) is 0.631. The Balaban J connectivity index is 1.39. The fourth-order valence-corrected chi connectivity index (χ4v) is 4.39. The second-order valence-electron chi connectivity index (χ2n) is 7.72. The molecule has 0 aromatic carbocycles. The van der Waals surface area contributed by atoms with Gasteiger partial charge >= 0.3 is 0 Å². The molecule has 3 fully saturated rings. The largest absolute Gasteiger partial charge is 0.459 e. The molecule has 10 nitrogen and oxygen atoms in total. The average Bonchev–Trinajstić information content (AvgIpc) is 3.41. The fraction of sp³-hybridized carbons (Fsp3) is 0.632. The van der Waals surface area contributed by atoms with Crippen LogP contribution in [0, 0.1) is 11.8 Å². The van der Waals surface area contributed by atoms with Gasteiger partial charge in [0.05, 0.1) is 30.7 Å². The predicted molar refractivity (Wildman–Crippen MR) is 102 cm³/mol. The van der Waals surface area contributed by atoms with Crippen LogP contribution in [0.3, 0.4) is 0 Å². The van der Waals surface area contributed by atoms with Gasteiger partial charge in [-0.25, -0.2) is 5.43 Å². The van der Waals surface area contributed by atoms with Gasteiger partial charge in [0.15, 0.2) is 5.76 Å². The highest BCUT2D eigenvalue weighted by Gasteiger charge is 2.48. The van der Waals surface area contributed by atoms with Crippen molar-refractivity contribution >= 4 is 17.7 Å². The second-order valence-corrected chi connectivity index (χ2v) is 7.72. The number of carbonyl (C=O) groups excluding carboxylic acids is 3. The maximum atomic E-state index is 13.3. The minimum absolute atomic E-state index is 0.0243. The number of ether oxygens (including phenoxy) is 1. The highest BCUT2D eigenvalue weighted by Crippen LogP contribution is 2.27. The number of amides is 3. The monoisotopic (exact) mass is 405 g/mol. The number of furan rings is 1. The Hall–Kier alpha value is -2.43. The van der Waals surface area contributed by atoms with Gasteiger partial charge in [-0.3, -0.25) is 24.7 Å². The average molecular weight is 405 g/mol. The SMILES string of the molecule is COCCN1CC2C(=O)NNC2C(C(=O)N2CCN(C(=O)c3ccco3)CC2)C1. The van der Waals surface area contributed by atoms with Crippen LogP contribution in [0.5, 0.6) is 0 Å². The van der Waals surface area contributed by atoms with Crippen molar-refractivity contribution < 1.29 is 23.5 Å². The van der Waals surface area contributed by atoms with E-state index < -0.39 is 0 Å². The van der Waals surface area contributed by atoms with Gasteiger partial charge in [-0.2, -0.15) is 0 Å². The topological polar surface area (TPSA) is 107 Å². The molecule has 3 atom stereocenters. The summed E-state index contributed by atoms with van der Waals surface area (Å²) in [5.74, 6) is -0.459. The van der Waals surface area contributed by atoms with E-state index in [-0.39, 0.29) is 35.6 Å². The minimum atomic E-state index is -0.322. The van der Waals surface area contributed by atoms with Crippen LogP contribution in [0.2, 0.25) is 0 Å². The van der Waals surface area contributed by atoms with Crippen LogP contribution in [-0.4, -0.2) is 98.0 Å². The van der Waals surface area contributed by atoms with Crippen LogP contribution in [0.1, 0.15) is 10.6 Å². The van der Waals surface area contributed by atoms with Crippen molar-refractivity contribution in [1.29, 1.82) is 0 Å². The number of piperidine rings is 1. The molecule has 3 unspecified atom stereocenters. The number of rotatable bonds is 5. The first-order valence-electron chi connectivity index (χ1n) is 9.96. The summed E-state index contributed by atoms with van der Waals surface area (Å²) in [6.45, 7) is 4.30. The lowest BCUT2D eigenvalue weighted by atomic mass is 9.83. The number of likely N-dealkylation sites (tertiary alicyclic amines) is 1. The molecule has 2 N–H and O–H groups in total. The second kappa shape index (κ2) is 8.52. The van der Waals surface area contributed by atoms with E-state index in [9.17, 15) is 14.4 Å². The highest BCUT2D eigenvalue weighted by atomic mass is 16.5. The molecule has 1 aromatic rings. The molecule has 158 valence electrons. The fourth-order valence-electron chi connectivity index (χ4n) is 4.39. The summed E-state index contributed by atoms with van der Waals surface area (Å²) in [7, 11) is 1.64. The van der Waals surface area contributed by atoms with E-state index in [0.717, 1.165) is 0 Å². The van der Waals surface area contributed by atoms with Crippen molar-refractivity contribution in [2.45, 2.75) is 6.04 Å². The number of carbonyl (C=O) groups is 3. The Bertz CT molecular complexity index is 746. The first-order chi connectivity index (χ1) is 14.1. The van der Waals surface area contributed by atoms with Gasteiger partial charge in [-0.15, -0.1) is 0 Å². The predicted octanol–water partition coefficient (Wildman–Crippen LogP) is -1.24. The van der Waals surface area contributed by atoms with Crippen LogP contribution in [0.25, 0.3) is 0 Å². The lowest BCUT2D eigenvalue weighted by Gasteiger charge is -2.42. The maximum absolute atomic E-state index is 13.3. The Labute approximate surface area is 169 Å². The number of hydrogen-bond acceptors (Lipinski definition) is 7. The smallest absolute Gasteiger partial charge is 0.289 e. The summed E-state index contributed by atoms with van der Waals surface area (Å²) in [5, 5.41) is 0. The molecule has 0 aliphatic carbocycles. The number of hydrogen-bond donors (Lipinski definition) is 2. The minimum Gasteiger partial charge on any atom is -0.459 e. The number of nitrogens with zero attached hydrogens (tertiary/aromatic N) is 3. The molecule has 0 bridgehead atoms. The third-order valence-electron chi connectivity index (χ3n) is 6.01. The highest BCUT2D eigenvalue weighted by molar-refractivity contribution is 5.91. The summed E-state index contributed by atoms with van der Waals surface area (Å²) >= 11 is 0. The normalized spacial score (nSPS) is 27.6. The lowest BCUT2D eigenvalue weighted by molar-refractivity contribution is -0.141. The summed E-state index contributed by atoms with van der Waals surface area (Å²) in [4.78, 5) is 43.5. The van der Waals surface area contributed by atoms with E-state index in [1.165, 1.54) is 6.26 Å². The Morgan fingerprint density at radius 1 is 1.21 bits per heavy atom. The Kier molecular flexibility index (Phi) is 5.84. The van der Waals surface area contributed by atoms with Crippen molar-refractivity contribution in [3.63, 3.8) is 0 Å². The molecular weight excluding hydrogens is 378 g/mol. The van der Waals surface area contributed by atoms with E-state index in [4.69, 9.17) is 9.15 Å². The molecule has 10 heteroatoms.